The molecule has 18 heavy (non-hydrogen) atoms. The van der Waals surface area contributed by atoms with Crippen LogP contribution < -0.4 is 15.2 Å². The molecular weight excluding hydrogens is 250 g/mol. The molecule has 5 nitrogen and oxygen atoms in total. The molecule has 0 atom stereocenters. The van der Waals surface area contributed by atoms with Gasteiger partial charge in [-0.15, -0.1) is 11.8 Å². The SMILES string of the molecule is COc1ncnc(Oc2ccccc2SC)c1N. The fraction of sp³-hybridized carbons (Fsp3) is 0.167. The Kier molecular flexibility index (Phi) is 3.88. The predicted octanol–water partition coefficient (Wildman–Crippen LogP) is 2.58. The van der Waals surface area contributed by atoms with Gasteiger partial charge in [-0.1, -0.05) is 12.1 Å². The Hall–Kier alpha value is -1.95. The number of hydrogen-bond donors (Lipinski definition) is 1. The van der Waals surface area contributed by atoms with E-state index < -0.39 is 0 Å². The van der Waals surface area contributed by atoms with Crippen LogP contribution in [0.15, 0.2) is 35.5 Å². The number of nitrogens with two attached hydrogens (primary N) is 1. The van der Waals surface area contributed by atoms with Crippen molar-refractivity contribution < 1.29 is 9.47 Å². The van der Waals surface area contributed by atoms with E-state index in [0.717, 1.165) is 4.90 Å². The van der Waals surface area contributed by atoms with Gasteiger partial charge in [0, 0.05) is 4.90 Å². The summed E-state index contributed by atoms with van der Waals surface area (Å²) in [5.74, 6) is 1.31. The number of rotatable bonds is 4. The Morgan fingerprint density at radius 2 is 1.89 bits per heavy atom. The highest BCUT2D eigenvalue weighted by Gasteiger charge is 2.12. The lowest BCUT2D eigenvalue weighted by Crippen LogP contribution is -2.00. The molecule has 0 aliphatic heterocycles. The van der Waals surface area contributed by atoms with Gasteiger partial charge in [0.1, 0.15) is 12.1 Å². The molecule has 2 rings (SSSR count). The first-order valence-corrected chi connectivity index (χ1v) is 6.44. The molecule has 1 aromatic heterocycles. The Morgan fingerprint density at radius 3 is 2.61 bits per heavy atom. The number of aromatic nitrogens is 2. The average molecular weight is 263 g/mol. The summed E-state index contributed by atoms with van der Waals surface area (Å²) in [5.41, 5.74) is 6.14. The van der Waals surface area contributed by atoms with Gasteiger partial charge >= 0.3 is 0 Å². The molecule has 1 heterocycles. The molecule has 0 amide bonds. The van der Waals surface area contributed by atoms with E-state index in [1.165, 1.54) is 13.4 Å². The number of anilines is 1. The van der Waals surface area contributed by atoms with Crippen LogP contribution in [0.3, 0.4) is 0 Å². The fourth-order valence-corrected chi connectivity index (χ4v) is 1.94. The van der Waals surface area contributed by atoms with E-state index in [4.69, 9.17) is 15.2 Å². The standard InChI is InChI=1S/C12H13N3O2S/c1-16-11-10(13)12(15-7-14-11)17-8-5-3-4-6-9(8)18-2/h3-7H,13H2,1-2H3. The highest BCUT2D eigenvalue weighted by atomic mass is 32.2. The summed E-state index contributed by atoms with van der Waals surface area (Å²) in [5, 5.41) is 0. The van der Waals surface area contributed by atoms with Gasteiger partial charge in [-0.05, 0) is 18.4 Å². The molecule has 0 aliphatic rings. The van der Waals surface area contributed by atoms with Crippen molar-refractivity contribution in [1.29, 1.82) is 0 Å². The van der Waals surface area contributed by atoms with Crippen LogP contribution in [0.25, 0.3) is 0 Å². The van der Waals surface area contributed by atoms with E-state index in [1.54, 1.807) is 11.8 Å². The summed E-state index contributed by atoms with van der Waals surface area (Å²) in [6, 6.07) is 7.67. The first-order chi connectivity index (χ1) is 8.76. The molecule has 2 aromatic rings. The predicted molar refractivity (Wildman–Crippen MR) is 71.3 cm³/mol. The second kappa shape index (κ2) is 5.59. The van der Waals surface area contributed by atoms with Crippen LogP contribution in [0.4, 0.5) is 5.69 Å². The van der Waals surface area contributed by atoms with Crippen LogP contribution in [0.2, 0.25) is 0 Å². The van der Waals surface area contributed by atoms with Gasteiger partial charge in [0.25, 0.3) is 0 Å². The van der Waals surface area contributed by atoms with Crippen molar-refractivity contribution in [3.05, 3.63) is 30.6 Å². The molecule has 94 valence electrons. The molecule has 0 saturated carbocycles. The van der Waals surface area contributed by atoms with Gasteiger partial charge in [0.05, 0.1) is 7.11 Å². The van der Waals surface area contributed by atoms with Crippen molar-refractivity contribution in [2.24, 2.45) is 0 Å². The highest BCUT2D eigenvalue weighted by molar-refractivity contribution is 7.98. The minimum Gasteiger partial charge on any atom is -0.479 e. The molecule has 0 radical (unpaired) electrons. The molecule has 6 heteroatoms. The largest absolute Gasteiger partial charge is 0.479 e. The van der Waals surface area contributed by atoms with Crippen molar-refractivity contribution in [1.82, 2.24) is 9.97 Å². The monoisotopic (exact) mass is 263 g/mol. The van der Waals surface area contributed by atoms with Gasteiger partial charge in [0.15, 0.2) is 5.69 Å². The maximum atomic E-state index is 5.85. The lowest BCUT2D eigenvalue weighted by atomic mass is 10.3. The number of ether oxygens (including phenoxy) is 2. The quantitative estimate of drug-likeness (QED) is 0.855. The van der Waals surface area contributed by atoms with Gasteiger partial charge in [-0.2, -0.15) is 9.97 Å². The number of para-hydroxylation sites is 1. The average Bonchev–Trinajstić information content (AvgIpc) is 2.42. The van der Waals surface area contributed by atoms with E-state index in [-0.39, 0.29) is 5.69 Å². The first kappa shape index (κ1) is 12.5. The van der Waals surface area contributed by atoms with Crippen molar-refractivity contribution in [2.45, 2.75) is 4.90 Å². The van der Waals surface area contributed by atoms with Crippen LogP contribution in [-0.2, 0) is 0 Å². The Balaban J connectivity index is 2.34. The van der Waals surface area contributed by atoms with Gasteiger partial charge < -0.3 is 15.2 Å². The summed E-state index contributed by atoms with van der Waals surface area (Å²) < 4.78 is 10.7. The Bertz CT molecular complexity index is 549. The van der Waals surface area contributed by atoms with E-state index >= 15 is 0 Å². The Morgan fingerprint density at radius 1 is 1.17 bits per heavy atom. The number of hydrogen-bond acceptors (Lipinski definition) is 6. The molecule has 0 fully saturated rings. The zero-order chi connectivity index (χ0) is 13.0. The molecule has 1 aromatic carbocycles. The summed E-state index contributed by atoms with van der Waals surface area (Å²) in [6.07, 6.45) is 3.33. The number of benzene rings is 1. The van der Waals surface area contributed by atoms with Crippen LogP contribution >= 0.6 is 11.8 Å². The van der Waals surface area contributed by atoms with Crippen molar-refractivity contribution >= 4 is 17.4 Å². The minimum atomic E-state index is 0.288. The van der Waals surface area contributed by atoms with Crippen LogP contribution in [0.1, 0.15) is 0 Å². The van der Waals surface area contributed by atoms with Gasteiger partial charge in [-0.3, -0.25) is 0 Å². The lowest BCUT2D eigenvalue weighted by molar-refractivity contribution is 0.390. The Labute approximate surface area is 109 Å². The van der Waals surface area contributed by atoms with Crippen molar-refractivity contribution in [2.75, 3.05) is 19.1 Å². The molecule has 0 unspecified atom stereocenters. The molecule has 0 saturated heterocycles. The zero-order valence-corrected chi connectivity index (χ0v) is 10.9. The summed E-state index contributed by atoms with van der Waals surface area (Å²) in [4.78, 5) is 8.92. The number of nitrogens with zero attached hydrogens (tertiary/aromatic N) is 2. The zero-order valence-electron chi connectivity index (χ0n) is 10.1. The van der Waals surface area contributed by atoms with Gasteiger partial charge in [-0.25, -0.2) is 0 Å². The highest BCUT2D eigenvalue weighted by Crippen LogP contribution is 2.34. The van der Waals surface area contributed by atoms with E-state index in [0.29, 0.717) is 17.5 Å². The molecule has 0 aliphatic carbocycles. The van der Waals surface area contributed by atoms with Gasteiger partial charge in [0.2, 0.25) is 11.8 Å². The van der Waals surface area contributed by atoms with Crippen molar-refractivity contribution in [3.63, 3.8) is 0 Å². The van der Waals surface area contributed by atoms with Crippen LogP contribution in [0.5, 0.6) is 17.5 Å². The number of thioether (sulfide) groups is 1. The third-order valence-corrected chi connectivity index (χ3v) is 3.06. The topological polar surface area (TPSA) is 70.3 Å². The smallest absolute Gasteiger partial charge is 0.249 e. The molecule has 2 N–H and O–H groups in total. The summed E-state index contributed by atoms with van der Waals surface area (Å²) in [7, 11) is 1.50. The maximum absolute atomic E-state index is 5.85. The molecule has 0 bridgehead atoms. The minimum absolute atomic E-state index is 0.288. The van der Waals surface area contributed by atoms with Crippen molar-refractivity contribution in [3.8, 4) is 17.5 Å². The number of methoxy groups -OCH3 is 1. The van der Waals surface area contributed by atoms with Crippen LogP contribution in [0, 0.1) is 0 Å². The summed E-state index contributed by atoms with van der Waals surface area (Å²) >= 11 is 1.59. The summed E-state index contributed by atoms with van der Waals surface area (Å²) in [6.45, 7) is 0. The third kappa shape index (κ3) is 2.48. The molecule has 0 spiro atoms. The number of nitrogen functional groups attached to an aromatic ring is 1. The van der Waals surface area contributed by atoms with E-state index in [9.17, 15) is 0 Å². The normalized spacial score (nSPS) is 10.1. The van der Waals surface area contributed by atoms with E-state index in [1.807, 2.05) is 30.5 Å². The maximum Gasteiger partial charge on any atom is 0.249 e. The molecular formula is C12H13N3O2S. The lowest BCUT2D eigenvalue weighted by Gasteiger charge is -2.11. The second-order valence-electron chi connectivity index (χ2n) is 3.35. The van der Waals surface area contributed by atoms with E-state index in [2.05, 4.69) is 9.97 Å². The van der Waals surface area contributed by atoms with Crippen LogP contribution in [-0.4, -0.2) is 23.3 Å². The third-order valence-electron chi connectivity index (χ3n) is 2.28. The first-order valence-electron chi connectivity index (χ1n) is 5.21. The second-order valence-corrected chi connectivity index (χ2v) is 4.20. The fourth-order valence-electron chi connectivity index (χ4n) is 1.42.